The van der Waals surface area contributed by atoms with Gasteiger partial charge in [-0.15, -0.1) is 0 Å². The molecule has 5 nitrogen and oxygen atoms in total. The van der Waals surface area contributed by atoms with Crippen LogP contribution in [0.4, 0.5) is 4.39 Å². The highest BCUT2D eigenvalue weighted by atomic mass is 32.2. The smallest absolute Gasteiger partial charge is 0.240 e. The molecule has 0 atom stereocenters. The van der Waals surface area contributed by atoms with E-state index in [1.165, 1.54) is 18.2 Å². The van der Waals surface area contributed by atoms with E-state index < -0.39 is 21.4 Å². The number of benzene rings is 1. The number of ether oxygens (including phenoxy) is 1. The van der Waals surface area contributed by atoms with Crippen LogP contribution in [-0.4, -0.2) is 38.9 Å². The highest BCUT2D eigenvalue weighted by molar-refractivity contribution is 7.89. The van der Waals surface area contributed by atoms with Crippen molar-refractivity contribution in [3.63, 3.8) is 0 Å². The average Bonchev–Trinajstić information content (AvgIpc) is 2.38. The lowest BCUT2D eigenvalue weighted by molar-refractivity contribution is -0.0588. The quantitative estimate of drug-likeness (QED) is 0.853. The van der Waals surface area contributed by atoms with Crippen LogP contribution in [0.3, 0.4) is 0 Å². The number of aliphatic hydroxyl groups is 1. The van der Waals surface area contributed by atoms with Crippen LogP contribution in [0.25, 0.3) is 0 Å². The SMILES string of the molecule is O=S(=O)(NCC1(O)CCOCC1)c1cccc(F)c1. The summed E-state index contributed by atoms with van der Waals surface area (Å²) in [5.74, 6) is -0.618. The molecule has 0 radical (unpaired) electrons. The molecule has 0 unspecified atom stereocenters. The van der Waals surface area contributed by atoms with Crippen molar-refractivity contribution in [2.45, 2.75) is 23.3 Å². The number of nitrogens with one attached hydrogen (secondary N) is 1. The van der Waals surface area contributed by atoms with Crippen molar-refractivity contribution < 1.29 is 22.7 Å². The van der Waals surface area contributed by atoms with Crippen LogP contribution in [0.5, 0.6) is 0 Å². The minimum atomic E-state index is -3.81. The Morgan fingerprint density at radius 3 is 2.68 bits per heavy atom. The number of sulfonamides is 1. The molecule has 1 heterocycles. The van der Waals surface area contributed by atoms with Crippen molar-refractivity contribution in [2.24, 2.45) is 0 Å². The Labute approximate surface area is 111 Å². The van der Waals surface area contributed by atoms with E-state index in [1.54, 1.807) is 0 Å². The summed E-state index contributed by atoms with van der Waals surface area (Å²) in [6.45, 7) is 0.700. The molecule has 2 N–H and O–H groups in total. The largest absolute Gasteiger partial charge is 0.388 e. The first-order valence-corrected chi connectivity index (χ1v) is 7.45. The Bertz CT molecular complexity index is 540. The molecule has 0 spiro atoms. The fourth-order valence-corrected chi connectivity index (χ4v) is 3.03. The van der Waals surface area contributed by atoms with E-state index in [1.807, 2.05) is 0 Å². The number of hydrogen-bond acceptors (Lipinski definition) is 4. The topological polar surface area (TPSA) is 75.6 Å². The second-order valence-electron chi connectivity index (χ2n) is 4.62. The molecule has 0 amide bonds. The Balaban J connectivity index is 2.05. The zero-order valence-corrected chi connectivity index (χ0v) is 11.1. The lowest BCUT2D eigenvalue weighted by Crippen LogP contribution is -2.46. The van der Waals surface area contributed by atoms with Gasteiger partial charge in [-0.05, 0) is 18.2 Å². The van der Waals surface area contributed by atoms with Crippen LogP contribution in [0.1, 0.15) is 12.8 Å². The molecule has 1 aromatic carbocycles. The number of rotatable bonds is 4. The van der Waals surface area contributed by atoms with Crippen molar-refractivity contribution in [3.8, 4) is 0 Å². The minimum absolute atomic E-state index is 0.102. The van der Waals surface area contributed by atoms with E-state index in [0.717, 1.165) is 6.07 Å². The maximum Gasteiger partial charge on any atom is 0.240 e. The standard InChI is InChI=1S/C12H16FNO4S/c13-10-2-1-3-11(8-10)19(16,17)14-9-12(15)4-6-18-7-5-12/h1-3,8,14-15H,4-7,9H2. The fraction of sp³-hybridized carbons (Fsp3) is 0.500. The van der Waals surface area contributed by atoms with Gasteiger partial charge in [-0.2, -0.15) is 0 Å². The molecule has 1 aromatic rings. The van der Waals surface area contributed by atoms with Crippen molar-refractivity contribution in [1.82, 2.24) is 4.72 Å². The van der Waals surface area contributed by atoms with Gasteiger partial charge < -0.3 is 9.84 Å². The van der Waals surface area contributed by atoms with Crippen LogP contribution in [0.2, 0.25) is 0 Å². The summed E-state index contributed by atoms with van der Waals surface area (Å²) in [7, 11) is -3.81. The van der Waals surface area contributed by atoms with Crippen LogP contribution in [0.15, 0.2) is 29.2 Å². The van der Waals surface area contributed by atoms with Gasteiger partial charge in [-0.3, -0.25) is 0 Å². The van der Waals surface area contributed by atoms with Gasteiger partial charge in [0.25, 0.3) is 0 Å². The molecule has 0 saturated carbocycles. The van der Waals surface area contributed by atoms with Crippen LogP contribution in [-0.2, 0) is 14.8 Å². The molecule has 1 fully saturated rings. The van der Waals surface area contributed by atoms with Gasteiger partial charge >= 0.3 is 0 Å². The highest BCUT2D eigenvalue weighted by Gasteiger charge is 2.31. The lowest BCUT2D eigenvalue weighted by Gasteiger charge is -2.31. The summed E-state index contributed by atoms with van der Waals surface area (Å²) in [4.78, 5) is -0.150. The molecular weight excluding hydrogens is 273 g/mol. The highest BCUT2D eigenvalue weighted by Crippen LogP contribution is 2.20. The van der Waals surface area contributed by atoms with E-state index in [-0.39, 0.29) is 11.4 Å². The first-order chi connectivity index (χ1) is 8.91. The summed E-state index contributed by atoms with van der Waals surface area (Å²) in [6, 6.07) is 4.74. The van der Waals surface area contributed by atoms with Gasteiger partial charge in [0.15, 0.2) is 0 Å². The Morgan fingerprint density at radius 2 is 2.05 bits per heavy atom. The van der Waals surface area contributed by atoms with Crippen molar-refractivity contribution in [2.75, 3.05) is 19.8 Å². The molecule has 1 saturated heterocycles. The molecule has 19 heavy (non-hydrogen) atoms. The Morgan fingerprint density at radius 1 is 1.37 bits per heavy atom. The van der Waals surface area contributed by atoms with E-state index in [4.69, 9.17) is 4.74 Å². The van der Waals surface area contributed by atoms with Crippen molar-refractivity contribution >= 4 is 10.0 Å². The minimum Gasteiger partial charge on any atom is -0.388 e. The third kappa shape index (κ3) is 3.73. The van der Waals surface area contributed by atoms with Gasteiger partial charge in [-0.25, -0.2) is 17.5 Å². The second kappa shape index (κ2) is 5.54. The zero-order valence-electron chi connectivity index (χ0n) is 10.3. The van der Waals surface area contributed by atoms with Gasteiger partial charge in [0.1, 0.15) is 5.82 Å². The first kappa shape index (κ1) is 14.4. The Kier molecular flexibility index (Phi) is 4.19. The molecular formula is C12H16FNO4S. The first-order valence-electron chi connectivity index (χ1n) is 5.97. The van der Waals surface area contributed by atoms with Gasteiger partial charge in [0.2, 0.25) is 10.0 Å². The number of halogens is 1. The van der Waals surface area contributed by atoms with E-state index in [0.29, 0.717) is 26.1 Å². The zero-order chi connectivity index (χ0) is 13.9. The van der Waals surface area contributed by atoms with E-state index >= 15 is 0 Å². The predicted octanol–water partition coefficient (Wildman–Crippen LogP) is 0.645. The van der Waals surface area contributed by atoms with E-state index in [2.05, 4.69) is 4.72 Å². The molecule has 1 aliphatic rings. The van der Waals surface area contributed by atoms with Crippen molar-refractivity contribution in [3.05, 3.63) is 30.1 Å². The maximum absolute atomic E-state index is 13.0. The average molecular weight is 289 g/mol. The van der Waals surface area contributed by atoms with Crippen LogP contribution < -0.4 is 4.72 Å². The summed E-state index contributed by atoms with van der Waals surface area (Å²) < 4.78 is 44.3. The molecule has 7 heteroatoms. The van der Waals surface area contributed by atoms with Crippen molar-refractivity contribution in [1.29, 1.82) is 0 Å². The molecule has 0 aliphatic carbocycles. The van der Waals surface area contributed by atoms with Gasteiger partial charge in [0, 0.05) is 32.6 Å². The summed E-state index contributed by atoms with van der Waals surface area (Å²) >= 11 is 0. The summed E-state index contributed by atoms with van der Waals surface area (Å²) in [6.07, 6.45) is 0.747. The second-order valence-corrected chi connectivity index (χ2v) is 6.39. The number of hydrogen-bond donors (Lipinski definition) is 2. The molecule has 0 bridgehead atoms. The monoisotopic (exact) mass is 289 g/mol. The third-order valence-corrected chi connectivity index (χ3v) is 4.52. The van der Waals surface area contributed by atoms with Gasteiger partial charge in [-0.1, -0.05) is 6.07 Å². The third-order valence-electron chi connectivity index (χ3n) is 3.12. The molecule has 106 valence electrons. The normalized spacial score (nSPS) is 19.3. The summed E-state index contributed by atoms with van der Waals surface area (Å²) in [5.41, 5.74) is -1.10. The molecule has 0 aromatic heterocycles. The molecule has 1 aliphatic heterocycles. The Hall–Kier alpha value is -1.02. The van der Waals surface area contributed by atoms with E-state index in [9.17, 15) is 17.9 Å². The fourth-order valence-electron chi connectivity index (χ4n) is 1.87. The van der Waals surface area contributed by atoms with Crippen LogP contribution >= 0.6 is 0 Å². The maximum atomic E-state index is 13.0. The van der Waals surface area contributed by atoms with Crippen LogP contribution in [0, 0.1) is 5.82 Å². The van der Waals surface area contributed by atoms with Gasteiger partial charge in [0.05, 0.1) is 10.5 Å². The lowest BCUT2D eigenvalue weighted by atomic mass is 9.95. The summed E-state index contributed by atoms with van der Waals surface area (Å²) in [5, 5.41) is 10.2. The molecule has 2 rings (SSSR count). The predicted molar refractivity (Wildman–Crippen MR) is 66.6 cm³/mol.